The summed E-state index contributed by atoms with van der Waals surface area (Å²) in [6.45, 7) is 5.03. The lowest BCUT2D eigenvalue weighted by atomic mass is 10.2. The molecular formula is C12H18F3N3O. The lowest BCUT2D eigenvalue weighted by Gasteiger charge is -2.17. The summed E-state index contributed by atoms with van der Waals surface area (Å²) in [6, 6.07) is 0.468. The first kappa shape index (κ1) is 15.4. The van der Waals surface area contributed by atoms with Gasteiger partial charge in [0.15, 0.2) is 0 Å². The summed E-state index contributed by atoms with van der Waals surface area (Å²) < 4.78 is 38.2. The predicted octanol–water partition coefficient (Wildman–Crippen LogP) is 2.72. The average Bonchev–Trinajstić information content (AvgIpc) is 2.57. The van der Waals surface area contributed by atoms with Crippen LogP contribution in [0.5, 0.6) is 0 Å². The highest BCUT2D eigenvalue weighted by Crippen LogP contribution is 2.22. The maximum Gasteiger partial charge on any atom is 0.391 e. The summed E-state index contributed by atoms with van der Waals surface area (Å²) in [7, 11) is 0. The van der Waals surface area contributed by atoms with Crippen LogP contribution in [0.25, 0.3) is 0 Å². The standard InChI is InChI=1S/C12H18F3N3O/c1-7(2)18-6-9(16)4-10(18)11(19)17-8(3)5-12(13,14)15/h4,6-8H,5,16H2,1-3H3,(H,17,19). The van der Waals surface area contributed by atoms with Gasteiger partial charge in [-0.05, 0) is 26.8 Å². The van der Waals surface area contributed by atoms with Gasteiger partial charge in [0, 0.05) is 18.3 Å². The molecule has 1 heterocycles. The number of aromatic nitrogens is 1. The largest absolute Gasteiger partial charge is 0.397 e. The Morgan fingerprint density at radius 3 is 2.47 bits per heavy atom. The predicted molar refractivity (Wildman–Crippen MR) is 66.8 cm³/mol. The summed E-state index contributed by atoms with van der Waals surface area (Å²) >= 11 is 0. The van der Waals surface area contributed by atoms with Crippen LogP contribution in [0.1, 0.15) is 43.7 Å². The first-order chi connectivity index (χ1) is 8.60. The summed E-state index contributed by atoms with van der Waals surface area (Å²) in [4.78, 5) is 11.9. The number of nitrogens with zero attached hydrogens (tertiary/aromatic N) is 1. The van der Waals surface area contributed by atoms with Crippen LogP contribution in [-0.2, 0) is 0 Å². The second-order valence-electron chi connectivity index (χ2n) is 4.85. The van der Waals surface area contributed by atoms with Crippen molar-refractivity contribution in [1.82, 2.24) is 9.88 Å². The van der Waals surface area contributed by atoms with Crippen molar-refractivity contribution in [3.8, 4) is 0 Å². The zero-order valence-electron chi connectivity index (χ0n) is 11.1. The number of anilines is 1. The summed E-state index contributed by atoms with van der Waals surface area (Å²) in [5.41, 5.74) is 6.28. The molecule has 0 aromatic carbocycles. The Labute approximate surface area is 109 Å². The smallest absolute Gasteiger partial charge is 0.391 e. The van der Waals surface area contributed by atoms with Crippen molar-refractivity contribution >= 4 is 11.6 Å². The third-order valence-corrected chi connectivity index (χ3v) is 2.57. The molecule has 3 N–H and O–H groups in total. The minimum atomic E-state index is -4.30. The van der Waals surface area contributed by atoms with Crippen molar-refractivity contribution < 1.29 is 18.0 Å². The summed E-state index contributed by atoms with van der Waals surface area (Å²) in [5, 5.41) is 2.33. The monoisotopic (exact) mass is 277 g/mol. The molecule has 0 aliphatic rings. The molecule has 0 bridgehead atoms. The highest BCUT2D eigenvalue weighted by Gasteiger charge is 2.31. The molecule has 0 spiro atoms. The van der Waals surface area contributed by atoms with Crippen LogP contribution < -0.4 is 11.1 Å². The van der Waals surface area contributed by atoms with E-state index < -0.39 is 24.5 Å². The molecule has 0 saturated heterocycles. The van der Waals surface area contributed by atoms with Crippen molar-refractivity contribution in [2.45, 2.75) is 45.5 Å². The number of nitrogens with one attached hydrogen (secondary N) is 1. The number of carbonyl (C=O) groups is 1. The van der Waals surface area contributed by atoms with Gasteiger partial charge in [-0.25, -0.2) is 0 Å². The fraction of sp³-hybridized carbons (Fsp3) is 0.583. The molecule has 108 valence electrons. The number of halogens is 3. The minimum Gasteiger partial charge on any atom is -0.397 e. The maximum atomic E-state index is 12.2. The van der Waals surface area contributed by atoms with Gasteiger partial charge in [0.2, 0.25) is 0 Å². The zero-order chi connectivity index (χ0) is 14.8. The van der Waals surface area contributed by atoms with Gasteiger partial charge < -0.3 is 15.6 Å². The first-order valence-electron chi connectivity index (χ1n) is 5.95. The van der Waals surface area contributed by atoms with Crippen LogP contribution in [0, 0.1) is 0 Å². The van der Waals surface area contributed by atoms with Crippen molar-refractivity contribution in [2.75, 3.05) is 5.73 Å². The van der Waals surface area contributed by atoms with Crippen LogP contribution >= 0.6 is 0 Å². The van der Waals surface area contributed by atoms with Gasteiger partial charge in [0.1, 0.15) is 5.69 Å². The van der Waals surface area contributed by atoms with Crippen LogP contribution in [0.15, 0.2) is 12.3 Å². The van der Waals surface area contributed by atoms with Crippen molar-refractivity contribution in [2.24, 2.45) is 0 Å². The van der Waals surface area contributed by atoms with Gasteiger partial charge in [0.05, 0.1) is 12.1 Å². The average molecular weight is 277 g/mol. The number of carbonyl (C=O) groups excluding carboxylic acids is 1. The molecular weight excluding hydrogens is 259 g/mol. The molecule has 1 amide bonds. The summed E-state index contributed by atoms with van der Waals surface area (Å²) in [6.07, 6.45) is -3.77. The molecule has 19 heavy (non-hydrogen) atoms. The quantitative estimate of drug-likeness (QED) is 0.889. The molecule has 1 atom stereocenters. The Balaban J connectivity index is 2.78. The van der Waals surface area contributed by atoms with Crippen LogP contribution in [0.3, 0.4) is 0 Å². The maximum absolute atomic E-state index is 12.2. The van der Waals surface area contributed by atoms with E-state index in [1.807, 2.05) is 13.8 Å². The van der Waals surface area contributed by atoms with E-state index in [0.29, 0.717) is 5.69 Å². The topological polar surface area (TPSA) is 60.1 Å². The van der Waals surface area contributed by atoms with Gasteiger partial charge in [0.25, 0.3) is 5.91 Å². The van der Waals surface area contributed by atoms with Gasteiger partial charge in [-0.3, -0.25) is 4.79 Å². The Morgan fingerprint density at radius 2 is 2.00 bits per heavy atom. The van der Waals surface area contributed by atoms with Gasteiger partial charge >= 0.3 is 6.18 Å². The molecule has 7 heteroatoms. The third kappa shape index (κ3) is 4.50. The van der Waals surface area contributed by atoms with E-state index >= 15 is 0 Å². The molecule has 1 aromatic rings. The minimum absolute atomic E-state index is 0.00373. The van der Waals surface area contributed by atoms with E-state index in [1.165, 1.54) is 13.0 Å². The lowest BCUT2D eigenvalue weighted by Crippen LogP contribution is -2.37. The van der Waals surface area contributed by atoms with E-state index in [9.17, 15) is 18.0 Å². The Kier molecular flexibility index (Phi) is 4.49. The van der Waals surface area contributed by atoms with Crippen molar-refractivity contribution in [3.05, 3.63) is 18.0 Å². The second kappa shape index (κ2) is 5.54. The Bertz CT molecular complexity index is 452. The van der Waals surface area contributed by atoms with E-state index in [-0.39, 0.29) is 11.7 Å². The summed E-state index contributed by atoms with van der Waals surface area (Å²) in [5.74, 6) is -0.554. The van der Waals surface area contributed by atoms with Gasteiger partial charge in [-0.1, -0.05) is 0 Å². The Morgan fingerprint density at radius 1 is 1.42 bits per heavy atom. The van der Waals surface area contributed by atoms with Crippen LogP contribution in [0.4, 0.5) is 18.9 Å². The molecule has 0 saturated carbocycles. The normalized spacial score (nSPS) is 13.6. The third-order valence-electron chi connectivity index (χ3n) is 2.57. The van der Waals surface area contributed by atoms with E-state index in [0.717, 1.165) is 0 Å². The van der Waals surface area contributed by atoms with Gasteiger partial charge in [-0.15, -0.1) is 0 Å². The fourth-order valence-corrected chi connectivity index (χ4v) is 1.81. The molecule has 0 radical (unpaired) electrons. The fourth-order valence-electron chi connectivity index (χ4n) is 1.81. The second-order valence-corrected chi connectivity index (χ2v) is 4.85. The highest BCUT2D eigenvalue weighted by molar-refractivity contribution is 5.94. The number of alkyl halides is 3. The molecule has 1 aromatic heterocycles. The van der Waals surface area contributed by atoms with E-state index in [2.05, 4.69) is 5.32 Å². The number of hydrogen-bond donors (Lipinski definition) is 2. The Hall–Kier alpha value is -1.66. The number of amides is 1. The number of nitrogen functional groups attached to an aromatic ring is 1. The van der Waals surface area contributed by atoms with E-state index in [1.54, 1.807) is 10.8 Å². The molecule has 0 aliphatic heterocycles. The van der Waals surface area contributed by atoms with Crippen LogP contribution in [0.2, 0.25) is 0 Å². The molecule has 0 aliphatic carbocycles. The number of rotatable bonds is 4. The van der Waals surface area contributed by atoms with Crippen molar-refractivity contribution in [3.63, 3.8) is 0 Å². The zero-order valence-corrected chi connectivity index (χ0v) is 11.1. The highest BCUT2D eigenvalue weighted by atomic mass is 19.4. The molecule has 1 rings (SSSR count). The molecule has 0 fully saturated rings. The number of nitrogens with two attached hydrogens (primary N) is 1. The van der Waals surface area contributed by atoms with Gasteiger partial charge in [-0.2, -0.15) is 13.2 Å². The number of hydrogen-bond acceptors (Lipinski definition) is 2. The van der Waals surface area contributed by atoms with Crippen molar-refractivity contribution in [1.29, 1.82) is 0 Å². The van der Waals surface area contributed by atoms with E-state index in [4.69, 9.17) is 5.73 Å². The molecule has 1 unspecified atom stereocenters. The first-order valence-corrected chi connectivity index (χ1v) is 5.95. The van der Waals surface area contributed by atoms with Crippen LogP contribution in [-0.4, -0.2) is 22.7 Å². The lowest BCUT2D eigenvalue weighted by molar-refractivity contribution is -0.138. The molecule has 4 nitrogen and oxygen atoms in total. The SMILES string of the molecule is CC(CC(F)(F)F)NC(=O)c1cc(N)cn1C(C)C.